The number of benzene rings is 1. The summed E-state index contributed by atoms with van der Waals surface area (Å²) in [7, 11) is 0. The highest BCUT2D eigenvalue weighted by molar-refractivity contribution is 7.07. The van der Waals surface area contributed by atoms with Crippen LogP contribution in [0.2, 0.25) is 0 Å². The van der Waals surface area contributed by atoms with E-state index in [4.69, 9.17) is 5.11 Å². The lowest BCUT2D eigenvalue weighted by Gasteiger charge is -2.04. The summed E-state index contributed by atoms with van der Waals surface area (Å²) in [6.07, 6.45) is 2.25. The monoisotopic (exact) mass is 259 g/mol. The Labute approximate surface area is 109 Å². The molecule has 0 aliphatic carbocycles. The van der Waals surface area contributed by atoms with Crippen molar-refractivity contribution in [2.45, 2.75) is 13.0 Å². The molecule has 0 atom stereocenters. The Hall–Kier alpha value is -1.83. The van der Waals surface area contributed by atoms with Gasteiger partial charge in [0.2, 0.25) is 0 Å². The molecule has 1 aromatic carbocycles. The second-order valence-electron chi connectivity index (χ2n) is 3.73. The van der Waals surface area contributed by atoms with Crippen molar-refractivity contribution in [3.8, 4) is 11.8 Å². The van der Waals surface area contributed by atoms with E-state index < -0.39 is 0 Å². The molecule has 1 heterocycles. The van der Waals surface area contributed by atoms with Crippen molar-refractivity contribution in [2.75, 3.05) is 6.61 Å². The van der Waals surface area contributed by atoms with Crippen molar-refractivity contribution in [3.63, 3.8) is 0 Å². The first-order chi connectivity index (χ1) is 8.81. The summed E-state index contributed by atoms with van der Waals surface area (Å²) in [4.78, 5) is 11.5. The van der Waals surface area contributed by atoms with E-state index in [2.05, 4.69) is 11.8 Å². The van der Waals surface area contributed by atoms with Crippen molar-refractivity contribution in [3.05, 3.63) is 56.6 Å². The summed E-state index contributed by atoms with van der Waals surface area (Å²) in [6, 6.07) is 7.75. The van der Waals surface area contributed by atoms with E-state index >= 15 is 0 Å². The van der Waals surface area contributed by atoms with Crippen LogP contribution in [-0.4, -0.2) is 16.3 Å². The number of hydrogen-bond donors (Lipinski definition) is 1. The number of aromatic nitrogens is 1. The van der Waals surface area contributed by atoms with Crippen molar-refractivity contribution in [1.29, 1.82) is 0 Å². The zero-order chi connectivity index (χ0) is 12.8. The predicted octanol–water partition coefficient (Wildman–Crippen LogP) is 1.69. The van der Waals surface area contributed by atoms with Gasteiger partial charge in [0.25, 0.3) is 0 Å². The number of aliphatic hydroxyl groups excluding tert-OH is 1. The van der Waals surface area contributed by atoms with Gasteiger partial charge in [-0.2, -0.15) is 0 Å². The third-order valence-electron chi connectivity index (χ3n) is 2.46. The van der Waals surface area contributed by atoms with E-state index in [1.165, 1.54) is 11.3 Å². The predicted molar refractivity (Wildman–Crippen MR) is 72.7 cm³/mol. The second-order valence-corrected chi connectivity index (χ2v) is 4.59. The molecule has 0 radical (unpaired) electrons. The van der Waals surface area contributed by atoms with Crippen LogP contribution in [0.15, 0.2) is 40.6 Å². The van der Waals surface area contributed by atoms with Crippen molar-refractivity contribution < 1.29 is 5.11 Å². The Kier molecular flexibility index (Phi) is 4.35. The molecule has 0 aliphatic rings. The van der Waals surface area contributed by atoms with Gasteiger partial charge in [0, 0.05) is 23.6 Å². The quantitative estimate of drug-likeness (QED) is 0.852. The summed E-state index contributed by atoms with van der Waals surface area (Å²) in [5, 5.41) is 10.5. The zero-order valence-corrected chi connectivity index (χ0v) is 10.6. The molecule has 3 nitrogen and oxygen atoms in total. The lowest BCUT2D eigenvalue weighted by molar-refractivity contribution is 0.305. The molecular formula is C14H13NO2S. The average Bonchev–Trinajstić information content (AvgIpc) is 2.78. The Balaban J connectivity index is 2.26. The number of rotatable bonds is 3. The van der Waals surface area contributed by atoms with Crippen LogP contribution >= 0.6 is 11.3 Å². The molecule has 0 amide bonds. The fourth-order valence-corrected chi connectivity index (χ4v) is 2.17. The van der Waals surface area contributed by atoms with Gasteiger partial charge in [-0.1, -0.05) is 41.4 Å². The lowest BCUT2D eigenvalue weighted by Crippen LogP contribution is -2.13. The molecule has 92 valence electrons. The third-order valence-corrected chi connectivity index (χ3v) is 3.16. The topological polar surface area (TPSA) is 42.2 Å². The Morgan fingerprint density at radius 2 is 2.17 bits per heavy atom. The van der Waals surface area contributed by atoms with Crippen LogP contribution < -0.4 is 4.87 Å². The Morgan fingerprint density at radius 1 is 1.33 bits per heavy atom. The fourth-order valence-electron chi connectivity index (χ4n) is 1.59. The first kappa shape index (κ1) is 12.6. The molecule has 0 saturated carbocycles. The van der Waals surface area contributed by atoms with Crippen LogP contribution in [0, 0.1) is 11.8 Å². The number of aliphatic hydroxyl groups is 1. The van der Waals surface area contributed by atoms with E-state index in [9.17, 15) is 4.79 Å². The van der Waals surface area contributed by atoms with Crippen LogP contribution in [0.3, 0.4) is 0 Å². The zero-order valence-electron chi connectivity index (χ0n) is 9.80. The molecule has 2 rings (SSSR count). The smallest absolute Gasteiger partial charge is 0.307 e. The lowest BCUT2D eigenvalue weighted by atomic mass is 10.1. The van der Waals surface area contributed by atoms with Crippen LogP contribution in [0.5, 0.6) is 0 Å². The van der Waals surface area contributed by atoms with Gasteiger partial charge >= 0.3 is 4.87 Å². The number of hydrogen-bond acceptors (Lipinski definition) is 3. The summed E-state index contributed by atoms with van der Waals surface area (Å²) in [6.45, 7) is 0.603. The molecule has 0 bridgehead atoms. The highest BCUT2D eigenvalue weighted by Gasteiger charge is 2.02. The van der Waals surface area contributed by atoms with Crippen LogP contribution in [0.25, 0.3) is 0 Å². The normalized spacial score (nSPS) is 9.83. The van der Waals surface area contributed by atoms with E-state index in [-0.39, 0.29) is 11.5 Å². The maximum absolute atomic E-state index is 11.5. The van der Waals surface area contributed by atoms with Gasteiger partial charge in [-0.05, 0) is 11.6 Å². The van der Waals surface area contributed by atoms with Gasteiger partial charge < -0.3 is 9.67 Å². The molecule has 0 fully saturated rings. The maximum Gasteiger partial charge on any atom is 0.307 e. The minimum absolute atomic E-state index is 0.0353. The Bertz CT molecular complexity index is 631. The van der Waals surface area contributed by atoms with E-state index in [0.717, 1.165) is 11.1 Å². The Morgan fingerprint density at radius 3 is 2.89 bits per heavy atom. The third kappa shape index (κ3) is 3.10. The number of nitrogens with zero attached hydrogens (tertiary/aromatic N) is 1. The molecule has 0 saturated heterocycles. The molecular weight excluding hydrogens is 246 g/mol. The minimum atomic E-state index is 0.0353. The van der Waals surface area contributed by atoms with Crippen LogP contribution in [0.4, 0.5) is 0 Å². The van der Waals surface area contributed by atoms with Gasteiger partial charge in [0.05, 0.1) is 13.2 Å². The summed E-state index contributed by atoms with van der Waals surface area (Å²) in [5.74, 6) is 5.93. The molecule has 0 spiro atoms. The number of thiazole rings is 1. The van der Waals surface area contributed by atoms with Crippen molar-refractivity contribution in [1.82, 2.24) is 4.57 Å². The van der Waals surface area contributed by atoms with Crippen LogP contribution in [0.1, 0.15) is 17.5 Å². The minimum Gasteiger partial charge on any atom is -0.395 e. The summed E-state index contributed by atoms with van der Waals surface area (Å²) >= 11 is 1.19. The van der Waals surface area contributed by atoms with Gasteiger partial charge in [0.15, 0.2) is 0 Å². The summed E-state index contributed by atoms with van der Waals surface area (Å²) in [5.41, 5.74) is 1.92. The van der Waals surface area contributed by atoms with E-state index in [1.54, 1.807) is 16.1 Å². The SMILES string of the molecule is O=c1sccn1Cc1ccccc1C#CCCO. The largest absolute Gasteiger partial charge is 0.395 e. The maximum atomic E-state index is 11.5. The second kappa shape index (κ2) is 6.20. The van der Waals surface area contributed by atoms with Gasteiger partial charge in [0.1, 0.15) is 0 Å². The molecule has 1 N–H and O–H groups in total. The van der Waals surface area contributed by atoms with Gasteiger partial charge in [-0.15, -0.1) is 0 Å². The molecule has 1 aromatic heterocycles. The standard InChI is InChI=1S/C14H13NO2S/c16-9-4-3-6-12-5-1-2-7-13(12)11-15-8-10-18-14(15)17/h1-2,5,7-8,10,16H,4,9,11H2. The van der Waals surface area contributed by atoms with Crippen molar-refractivity contribution >= 4 is 11.3 Å². The molecule has 4 heteroatoms. The average molecular weight is 259 g/mol. The molecule has 18 heavy (non-hydrogen) atoms. The molecule has 0 aliphatic heterocycles. The van der Waals surface area contributed by atoms with E-state index in [0.29, 0.717) is 13.0 Å². The van der Waals surface area contributed by atoms with Crippen molar-refractivity contribution in [2.24, 2.45) is 0 Å². The summed E-state index contributed by atoms with van der Waals surface area (Å²) < 4.78 is 1.66. The molecule has 2 aromatic rings. The van der Waals surface area contributed by atoms with Gasteiger partial charge in [-0.25, -0.2) is 0 Å². The highest BCUT2D eigenvalue weighted by Crippen LogP contribution is 2.09. The van der Waals surface area contributed by atoms with Crippen LogP contribution in [-0.2, 0) is 6.54 Å². The highest BCUT2D eigenvalue weighted by atomic mass is 32.1. The first-order valence-electron chi connectivity index (χ1n) is 5.63. The van der Waals surface area contributed by atoms with Gasteiger partial charge in [-0.3, -0.25) is 4.79 Å². The first-order valence-corrected chi connectivity index (χ1v) is 6.51. The fraction of sp³-hybridized carbons (Fsp3) is 0.214. The molecule has 0 unspecified atom stereocenters. The van der Waals surface area contributed by atoms with E-state index in [1.807, 2.05) is 24.3 Å².